The SMILES string of the molecule is Cn1nc(-c2cc(C(F)(F)F)c(F)c(O)c2F)c2cnc(N3CCOC(c4ncn[nH]4)C3)nc21. The van der Waals surface area contributed by atoms with E-state index in [1.807, 2.05) is 4.90 Å². The van der Waals surface area contributed by atoms with Gasteiger partial charge in [-0.15, -0.1) is 0 Å². The first-order valence-electron chi connectivity index (χ1n) is 9.85. The molecule has 0 radical (unpaired) electrons. The van der Waals surface area contributed by atoms with Crippen LogP contribution in [0.1, 0.15) is 17.5 Å². The second-order valence-electron chi connectivity index (χ2n) is 7.50. The Kier molecular flexibility index (Phi) is 5.07. The van der Waals surface area contributed by atoms with Crippen LogP contribution in [-0.4, -0.2) is 59.7 Å². The number of fused-ring (bicyclic) bond motifs is 1. The van der Waals surface area contributed by atoms with Gasteiger partial charge in [0.15, 0.2) is 28.9 Å². The van der Waals surface area contributed by atoms with Crippen molar-refractivity contribution in [2.45, 2.75) is 12.3 Å². The molecule has 1 unspecified atom stereocenters. The Hall–Kier alpha value is -3.88. The molecule has 4 aromatic rings. The lowest BCUT2D eigenvalue weighted by atomic mass is 10.0. The van der Waals surface area contributed by atoms with Gasteiger partial charge in [-0.25, -0.2) is 23.4 Å². The predicted molar refractivity (Wildman–Crippen MR) is 106 cm³/mol. The van der Waals surface area contributed by atoms with E-state index < -0.39 is 40.8 Å². The number of aromatic hydroxyl groups is 1. The fraction of sp³-hybridized carbons (Fsp3) is 0.316. The molecule has 4 heterocycles. The van der Waals surface area contributed by atoms with Gasteiger partial charge >= 0.3 is 6.18 Å². The Labute approximate surface area is 187 Å². The van der Waals surface area contributed by atoms with Crippen molar-refractivity contribution in [2.75, 3.05) is 24.6 Å². The van der Waals surface area contributed by atoms with E-state index in [-0.39, 0.29) is 28.7 Å². The number of hydrogen-bond acceptors (Lipinski definition) is 8. The maximum absolute atomic E-state index is 14.6. The van der Waals surface area contributed by atoms with Crippen molar-refractivity contribution in [1.29, 1.82) is 0 Å². The molecule has 34 heavy (non-hydrogen) atoms. The molecule has 0 bridgehead atoms. The summed E-state index contributed by atoms with van der Waals surface area (Å²) < 4.78 is 75.1. The summed E-state index contributed by atoms with van der Waals surface area (Å²) in [5.41, 5.74) is -2.63. The van der Waals surface area contributed by atoms with Gasteiger partial charge in [0.05, 0.1) is 24.1 Å². The van der Waals surface area contributed by atoms with Crippen molar-refractivity contribution in [3.05, 3.63) is 41.6 Å². The quantitative estimate of drug-likeness (QED) is 0.428. The number of phenolic OH excluding ortho intramolecular Hbond substituents is 1. The minimum atomic E-state index is -5.16. The van der Waals surface area contributed by atoms with Crippen LogP contribution in [0.5, 0.6) is 5.75 Å². The second-order valence-corrected chi connectivity index (χ2v) is 7.50. The average molecular weight is 482 g/mol. The molecule has 1 fully saturated rings. The molecular formula is C19H15F5N8O2. The van der Waals surface area contributed by atoms with Gasteiger partial charge in [-0.05, 0) is 6.07 Å². The van der Waals surface area contributed by atoms with Crippen LogP contribution in [0.15, 0.2) is 18.6 Å². The maximum atomic E-state index is 14.6. The lowest BCUT2D eigenvalue weighted by molar-refractivity contribution is -0.140. The van der Waals surface area contributed by atoms with Crippen molar-refractivity contribution in [2.24, 2.45) is 7.05 Å². The van der Waals surface area contributed by atoms with Crippen LogP contribution in [0.4, 0.5) is 27.9 Å². The molecule has 1 aliphatic heterocycles. The smallest absolute Gasteiger partial charge is 0.419 e. The van der Waals surface area contributed by atoms with Gasteiger partial charge in [0.2, 0.25) is 5.95 Å². The van der Waals surface area contributed by atoms with Crippen LogP contribution < -0.4 is 4.90 Å². The van der Waals surface area contributed by atoms with Crippen molar-refractivity contribution < 1.29 is 31.8 Å². The van der Waals surface area contributed by atoms with E-state index in [0.717, 1.165) is 0 Å². The van der Waals surface area contributed by atoms with E-state index in [2.05, 4.69) is 30.2 Å². The number of morpholine rings is 1. The summed E-state index contributed by atoms with van der Waals surface area (Å²) in [6.07, 6.45) is -2.93. The van der Waals surface area contributed by atoms with Gasteiger partial charge in [0, 0.05) is 25.4 Å². The average Bonchev–Trinajstić information content (AvgIpc) is 3.46. The Bertz CT molecular complexity index is 1370. The third kappa shape index (κ3) is 3.57. The largest absolute Gasteiger partial charge is 0.503 e. The first-order chi connectivity index (χ1) is 16.1. The number of nitrogens with zero attached hydrogens (tertiary/aromatic N) is 7. The summed E-state index contributed by atoms with van der Waals surface area (Å²) in [6.45, 7) is 1.15. The number of aromatic amines is 1. The Morgan fingerprint density at radius 1 is 1.21 bits per heavy atom. The van der Waals surface area contributed by atoms with Crippen molar-refractivity contribution >= 4 is 17.0 Å². The number of anilines is 1. The number of hydrogen-bond donors (Lipinski definition) is 2. The molecule has 178 valence electrons. The highest BCUT2D eigenvalue weighted by Crippen LogP contribution is 2.41. The topological polar surface area (TPSA) is 118 Å². The van der Waals surface area contributed by atoms with E-state index in [1.54, 1.807) is 0 Å². The maximum Gasteiger partial charge on any atom is 0.419 e. The molecular weight excluding hydrogens is 467 g/mol. The standard InChI is InChI=1S/C19H15F5N8O2/c1-31-17-9(14(30-31)8-4-10(19(22,23)24)13(21)15(33)12(8)20)5-25-18(28-17)32-2-3-34-11(6-32)16-26-7-27-29-16/h4-5,7,11,33H,2-3,6H2,1H3,(H,26,27,29). The molecule has 3 aromatic heterocycles. The summed E-state index contributed by atoms with van der Waals surface area (Å²) in [6, 6.07) is 0.268. The van der Waals surface area contributed by atoms with Crippen LogP contribution >= 0.6 is 0 Å². The third-order valence-electron chi connectivity index (χ3n) is 5.39. The molecule has 1 atom stereocenters. The number of phenols is 1. The number of ether oxygens (including phenoxy) is 1. The molecule has 0 saturated carbocycles. The number of aromatic nitrogens is 7. The fourth-order valence-electron chi connectivity index (χ4n) is 3.75. The predicted octanol–water partition coefficient (Wildman–Crippen LogP) is 2.73. The van der Waals surface area contributed by atoms with E-state index in [4.69, 9.17) is 4.74 Å². The zero-order valence-corrected chi connectivity index (χ0v) is 17.3. The highest BCUT2D eigenvalue weighted by Gasteiger charge is 2.38. The Morgan fingerprint density at radius 3 is 2.71 bits per heavy atom. The van der Waals surface area contributed by atoms with Gasteiger partial charge in [-0.3, -0.25) is 5.10 Å². The fourth-order valence-corrected chi connectivity index (χ4v) is 3.75. The highest BCUT2D eigenvalue weighted by molar-refractivity contribution is 5.91. The van der Waals surface area contributed by atoms with Gasteiger partial charge in [-0.2, -0.15) is 28.4 Å². The number of rotatable bonds is 3. The summed E-state index contributed by atoms with van der Waals surface area (Å²) in [7, 11) is 1.46. The molecule has 5 rings (SSSR count). The van der Waals surface area contributed by atoms with Gasteiger partial charge in [0.25, 0.3) is 0 Å². The molecule has 10 nitrogen and oxygen atoms in total. The Balaban J connectivity index is 1.56. The van der Waals surface area contributed by atoms with Crippen molar-refractivity contribution in [3.63, 3.8) is 0 Å². The number of aryl methyl sites for hydroxylation is 1. The molecule has 0 spiro atoms. The minimum Gasteiger partial charge on any atom is -0.503 e. The monoisotopic (exact) mass is 482 g/mol. The Morgan fingerprint density at radius 2 is 2.00 bits per heavy atom. The summed E-state index contributed by atoms with van der Waals surface area (Å²) in [5, 5.41) is 20.4. The number of H-pyrrole nitrogens is 1. The first-order valence-corrected chi connectivity index (χ1v) is 9.85. The molecule has 15 heteroatoms. The first kappa shape index (κ1) is 21.9. The van der Waals surface area contributed by atoms with Crippen LogP contribution in [0.2, 0.25) is 0 Å². The molecule has 1 saturated heterocycles. The van der Waals surface area contributed by atoms with Crippen LogP contribution in [0.25, 0.3) is 22.3 Å². The van der Waals surface area contributed by atoms with Crippen LogP contribution in [0.3, 0.4) is 0 Å². The van der Waals surface area contributed by atoms with Crippen molar-refractivity contribution in [3.8, 4) is 17.0 Å². The normalized spacial score (nSPS) is 17.0. The zero-order chi connectivity index (χ0) is 24.2. The van der Waals surface area contributed by atoms with E-state index in [9.17, 15) is 27.1 Å². The molecule has 0 amide bonds. The lowest BCUT2D eigenvalue weighted by Gasteiger charge is -2.31. The number of nitrogens with one attached hydrogen (secondary N) is 1. The summed E-state index contributed by atoms with van der Waals surface area (Å²) in [5.74, 6) is -4.60. The molecule has 0 aliphatic carbocycles. The molecule has 2 N–H and O–H groups in total. The summed E-state index contributed by atoms with van der Waals surface area (Å²) >= 11 is 0. The summed E-state index contributed by atoms with van der Waals surface area (Å²) in [4.78, 5) is 14.6. The van der Waals surface area contributed by atoms with Crippen molar-refractivity contribution in [1.82, 2.24) is 34.9 Å². The molecule has 1 aromatic carbocycles. The lowest BCUT2D eigenvalue weighted by Crippen LogP contribution is -2.39. The van der Waals surface area contributed by atoms with Gasteiger partial charge in [-0.1, -0.05) is 0 Å². The second kappa shape index (κ2) is 7.86. The van der Waals surface area contributed by atoms with E-state index in [1.165, 1.54) is 24.3 Å². The number of alkyl halides is 3. The number of halogens is 5. The third-order valence-corrected chi connectivity index (χ3v) is 5.39. The van der Waals surface area contributed by atoms with Gasteiger partial charge < -0.3 is 14.7 Å². The number of benzene rings is 1. The highest BCUT2D eigenvalue weighted by atomic mass is 19.4. The van der Waals surface area contributed by atoms with E-state index in [0.29, 0.717) is 25.5 Å². The van der Waals surface area contributed by atoms with Crippen LogP contribution in [-0.2, 0) is 18.0 Å². The van der Waals surface area contributed by atoms with Gasteiger partial charge in [0.1, 0.15) is 18.1 Å². The van der Waals surface area contributed by atoms with E-state index >= 15 is 0 Å². The molecule has 1 aliphatic rings. The zero-order valence-electron chi connectivity index (χ0n) is 17.3. The minimum absolute atomic E-state index is 0.115. The van der Waals surface area contributed by atoms with Crippen LogP contribution in [0, 0.1) is 11.6 Å².